The van der Waals surface area contributed by atoms with Crippen LogP contribution in [0.1, 0.15) is 63.8 Å². The largest absolute Gasteiger partial charge is 0.300 e. The maximum atomic E-state index is 10.5. The highest BCUT2D eigenvalue weighted by Crippen LogP contribution is 2.17. The van der Waals surface area contributed by atoms with Crippen molar-refractivity contribution in [3.63, 3.8) is 0 Å². The molecule has 0 bridgehead atoms. The molecule has 0 amide bonds. The lowest BCUT2D eigenvalue weighted by Crippen LogP contribution is -2.09. The van der Waals surface area contributed by atoms with Crippen molar-refractivity contribution in [2.24, 2.45) is 5.41 Å². The summed E-state index contributed by atoms with van der Waals surface area (Å²) in [5.74, 6) is 0.275. The van der Waals surface area contributed by atoms with Gasteiger partial charge < -0.3 is 4.79 Å². The Morgan fingerprint density at radius 2 is 1.25 bits per heavy atom. The van der Waals surface area contributed by atoms with E-state index in [0.717, 1.165) is 0 Å². The number of carbonyl (C=O) groups is 1. The topological polar surface area (TPSA) is 17.1 Å². The predicted octanol–water partition coefficient (Wildman–Crippen LogP) is 4.56. The summed E-state index contributed by atoms with van der Waals surface area (Å²) >= 11 is 0. The molecule has 0 aliphatic heterocycles. The van der Waals surface area contributed by atoms with Crippen LogP contribution in [0, 0.1) is 5.41 Å². The van der Waals surface area contributed by atoms with Crippen LogP contribution in [-0.2, 0) is 4.79 Å². The molecule has 80 valence electrons. The fourth-order valence-corrected chi connectivity index (χ4v) is 0.747. The van der Waals surface area contributed by atoms with Crippen LogP contribution < -0.4 is 0 Å². The molecule has 1 nitrogen and oxygen atoms in total. The zero-order valence-electron chi connectivity index (χ0n) is 6.12. The molecule has 0 aliphatic rings. The van der Waals surface area contributed by atoms with Gasteiger partial charge in [-0.2, -0.15) is 0 Å². The molecule has 0 N–H and O–H groups in total. The summed E-state index contributed by atoms with van der Waals surface area (Å²) in [6.07, 6.45) is 0.687. The first-order valence-corrected chi connectivity index (χ1v) is 2.91. The predicted molar refractivity (Wildman–Crippen MR) is 61.7 cm³/mol. The first-order valence-electron chi connectivity index (χ1n) is 2.91. The number of hydrogen-bond donors (Lipinski definition) is 0. The van der Waals surface area contributed by atoms with E-state index in [2.05, 4.69) is 20.8 Å². The van der Waals surface area contributed by atoms with E-state index in [1.165, 1.54) is 0 Å². The monoisotopic (exact) mass is 178 g/mol. The third kappa shape index (κ3) is 33.3. The summed E-state index contributed by atoms with van der Waals surface area (Å²) in [5.41, 5.74) is 0.172. The highest BCUT2D eigenvalue weighted by molar-refractivity contribution is 5.76. The number of carbonyl (C=O) groups excluding carboxylic acids is 1. The smallest absolute Gasteiger partial charge is 0.130 e. The van der Waals surface area contributed by atoms with Gasteiger partial charge in [0, 0.05) is 6.42 Å². The molecule has 0 unspecified atom stereocenters. The first kappa shape index (κ1) is 29.9. The number of hydrogen-bond acceptors (Lipinski definition) is 1. The average molecular weight is 178 g/mol. The lowest BCUT2D eigenvalue weighted by molar-refractivity contribution is -0.118. The normalized spacial score (nSPS) is 7.67. The van der Waals surface area contributed by atoms with Crippen molar-refractivity contribution in [3.8, 4) is 0 Å². The zero-order chi connectivity index (χ0) is 6.78. The second-order valence-corrected chi connectivity index (χ2v) is 3.44. The minimum Gasteiger partial charge on any atom is -0.300 e. The van der Waals surface area contributed by atoms with Gasteiger partial charge in [0.1, 0.15) is 5.78 Å². The van der Waals surface area contributed by atoms with Gasteiger partial charge in [-0.25, -0.2) is 0 Å². The molecule has 0 heterocycles. The average Bonchev–Trinajstić information content (AvgIpc) is 1.21. The van der Waals surface area contributed by atoms with E-state index in [1.807, 2.05) is 0 Å². The van der Waals surface area contributed by atoms with Gasteiger partial charge in [0.2, 0.25) is 0 Å². The lowest BCUT2D eigenvalue weighted by atomic mass is 9.91. The fourth-order valence-electron chi connectivity index (χ4n) is 0.747. The highest BCUT2D eigenvalue weighted by atomic mass is 16.1. The summed E-state index contributed by atoms with van der Waals surface area (Å²) in [4.78, 5) is 10.5. The second kappa shape index (κ2) is 10.7. The molecule has 0 radical (unpaired) electrons. The molecule has 0 fully saturated rings. The maximum Gasteiger partial charge on any atom is 0.130 e. The standard InChI is InChI=1S/C7H14O.4CH4/c1-6(8)5-7(2,3)4;;;;/h5H2,1-4H3;4*1H4. The van der Waals surface area contributed by atoms with E-state index < -0.39 is 0 Å². The van der Waals surface area contributed by atoms with E-state index in [-0.39, 0.29) is 40.9 Å². The zero-order valence-corrected chi connectivity index (χ0v) is 6.12. The number of Topliss-reactive ketones (excluding diaryl/α,β-unsaturated/α-hetero) is 1. The van der Waals surface area contributed by atoms with E-state index in [1.54, 1.807) is 6.92 Å². The van der Waals surface area contributed by atoms with Crippen LogP contribution in [0.4, 0.5) is 0 Å². The van der Waals surface area contributed by atoms with Crippen LogP contribution in [0.15, 0.2) is 0 Å². The molecular weight excluding hydrogens is 148 g/mol. The van der Waals surface area contributed by atoms with Crippen molar-refractivity contribution >= 4 is 5.78 Å². The Balaban J connectivity index is -0.0000000408. The Labute approximate surface area is 80.6 Å². The molecule has 0 rings (SSSR count). The van der Waals surface area contributed by atoms with Gasteiger partial charge in [-0.1, -0.05) is 50.5 Å². The third-order valence-corrected chi connectivity index (χ3v) is 0.779. The van der Waals surface area contributed by atoms with Crippen LogP contribution in [-0.4, -0.2) is 5.78 Å². The van der Waals surface area contributed by atoms with Crippen molar-refractivity contribution in [3.05, 3.63) is 0 Å². The van der Waals surface area contributed by atoms with Crippen LogP contribution >= 0.6 is 0 Å². The van der Waals surface area contributed by atoms with Crippen molar-refractivity contribution < 1.29 is 4.79 Å². The van der Waals surface area contributed by atoms with Crippen molar-refractivity contribution in [1.29, 1.82) is 0 Å². The van der Waals surface area contributed by atoms with Gasteiger partial charge in [0.15, 0.2) is 0 Å². The Morgan fingerprint density at radius 1 is 1.00 bits per heavy atom. The molecule has 0 aliphatic carbocycles. The summed E-state index contributed by atoms with van der Waals surface area (Å²) < 4.78 is 0. The minimum atomic E-state index is 0. The SMILES string of the molecule is C.C.C.C.CC(=O)CC(C)(C)C. The first-order chi connectivity index (χ1) is 3.42. The maximum absolute atomic E-state index is 10.5. The van der Waals surface area contributed by atoms with Gasteiger partial charge in [0.05, 0.1) is 0 Å². The summed E-state index contributed by atoms with van der Waals surface area (Å²) in [6, 6.07) is 0. The summed E-state index contributed by atoms with van der Waals surface area (Å²) in [5, 5.41) is 0. The second-order valence-electron chi connectivity index (χ2n) is 3.44. The molecule has 12 heavy (non-hydrogen) atoms. The van der Waals surface area contributed by atoms with Crippen molar-refractivity contribution in [2.45, 2.75) is 63.8 Å². The molecule has 0 atom stereocenters. The van der Waals surface area contributed by atoms with Crippen LogP contribution in [0.2, 0.25) is 0 Å². The van der Waals surface area contributed by atoms with Crippen LogP contribution in [0.25, 0.3) is 0 Å². The Morgan fingerprint density at radius 3 is 1.25 bits per heavy atom. The van der Waals surface area contributed by atoms with E-state index in [9.17, 15) is 4.79 Å². The van der Waals surface area contributed by atoms with Crippen molar-refractivity contribution in [1.82, 2.24) is 0 Å². The van der Waals surface area contributed by atoms with Gasteiger partial charge in [-0.05, 0) is 12.3 Å². The molecule has 1 heteroatoms. The summed E-state index contributed by atoms with van der Waals surface area (Å²) in [6.45, 7) is 7.82. The lowest BCUT2D eigenvalue weighted by Gasteiger charge is -2.14. The quantitative estimate of drug-likeness (QED) is 0.575. The van der Waals surface area contributed by atoms with Crippen molar-refractivity contribution in [2.75, 3.05) is 0 Å². The van der Waals surface area contributed by atoms with E-state index in [4.69, 9.17) is 0 Å². The molecular formula is C11H30O. The van der Waals surface area contributed by atoms with Gasteiger partial charge in [-0.15, -0.1) is 0 Å². The molecule has 0 aromatic rings. The summed E-state index contributed by atoms with van der Waals surface area (Å²) in [7, 11) is 0. The Kier molecular flexibility index (Phi) is 26.6. The molecule has 0 aromatic heterocycles. The Hall–Kier alpha value is -0.330. The number of rotatable bonds is 1. The molecule has 0 saturated carbocycles. The van der Waals surface area contributed by atoms with Gasteiger partial charge in [-0.3, -0.25) is 0 Å². The van der Waals surface area contributed by atoms with E-state index in [0.29, 0.717) is 6.42 Å². The fraction of sp³-hybridized carbons (Fsp3) is 0.909. The van der Waals surface area contributed by atoms with Gasteiger partial charge >= 0.3 is 0 Å². The highest BCUT2D eigenvalue weighted by Gasteiger charge is 2.11. The minimum absolute atomic E-state index is 0. The molecule has 0 spiro atoms. The Bertz CT molecular complexity index is 87.7. The van der Waals surface area contributed by atoms with Crippen LogP contribution in [0.5, 0.6) is 0 Å². The van der Waals surface area contributed by atoms with Crippen LogP contribution in [0.3, 0.4) is 0 Å². The third-order valence-electron chi connectivity index (χ3n) is 0.779. The van der Waals surface area contributed by atoms with E-state index >= 15 is 0 Å². The molecule has 0 saturated heterocycles. The molecule has 0 aromatic carbocycles. The van der Waals surface area contributed by atoms with Gasteiger partial charge in [0.25, 0.3) is 0 Å². The number of ketones is 1.